The van der Waals surface area contributed by atoms with Crippen LogP contribution >= 0.6 is 0 Å². The highest BCUT2D eigenvalue weighted by molar-refractivity contribution is 5.50. The standard InChI is InChI=1S/C15H24O2/c1-10(2)11-8-13(16-6)14(17-7)9-12(11)15(3,4)5/h8-10H,1-7H3. The van der Waals surface area contributed by atoms with E-state index in [1.165, 1.54) is 11.1 Å². The first-order chi connectivity index (χ1) is 7.81. The molecule has 1 aromatic rings. The van der Waals surface area contributed by atoms with Crippen LogP contribution in [0, 0.1) is 0 Å². The molecule has 0 aliphatic rings. The molecule has 17 heavy (non-hydrogen) atoms. The first kappa shape index (κ1) is 13.9. The summed E-state index contributed by atoms with van der Waals surface area (Å²) in [5.41, 5.74) is 2.76. The summed E-state index contributed by atoms with van der Waals surface area (Å²) in [4.78, 5) is 0. The van der Waals surface area contributed by atoms with Gasteiger partial charge in [0.1, 0.15) is 0 Å². The summed E-state index contributed by atoms with van der Waals surface area (Å²) in [7, 11) is 3.36. The molecule has 1 aromatic carbocycles. The van der Waals surface area contributed by atoms with Gasteiger partial charge in [-0.1, -0.05) is 34.6 Å². The van der Waals surface area contributed by atoms with E-state index >= 15 is 0 Å². The van der Waals surface area contributed by atoms with Gasteiger partial charge in [0.15, 0.2) is 11.5 Å². The third-order valence-electron chi connectivity index (χ3n) is 2.99. The summed E-state index contributed by atoms with van der Waals surface area (Å²) >= 11 is 0. The zero-order valence-corrected chi connectivity index (χ0v) is 12.0. The van der Waals surface area contributed by atoms with Gasteiger partial charge in [0.2, 0.25) is 0 Å². The summed E-state index contributed by atoms with van der Waals surface area (Å²) in [6, 6.07) is 4.21. The molecular formula is C15H24O2. The number of hydrogen-bond donors (Lipinski definition) is 0. The quantitative estimate of drug-likeness (QED) is 0.785. The molecule has 96 valence electrons. The predicted octanol–water partition coefficient (Wildman–Crippen LogP) is 4.12. The fourth-order valence-electron chi connectivity index (χ4n) is 2.02. The van der Waals surface area contributed by atoms with E-state index in [9.17, 15) is 0 Å². The number of methoxy groups -OCH3 is 2. The van der Waals surface area contributed by atoms with Gasteiger partial charge in [0, 0.05) is 0 Å². The van der Waals surface area contributed by atoms with Gasteiger partial charge >= 0.3 is 0 Å². The third kappa shape index (κ3) is 2.93. The molecule has 1 rings (SSSR count). The Bertz CT molecular complexity index is 387. The van der Waals surface area contributed by atoms with Gasteiger partial charge in [-0.25, -0.2) is 0 Å². The number of ether oxygens (including phenoxy) is 2. The van der Waals surface area contributed by atoms with Gasteiger partial charge in [-0.3, -0.25) is 0 Å². The average molecular weight is 236 g/mol. The Morgan fingerprint density at radius 2 is 1.41 bits per heavy atom. The predicted molar refractivity (Wildman–Crippen MR) is 72.3 cm³/mol. The fourth-order valence-corrected chi connectivity index (χ4v) is 2.02. The molecule has 0 spiro atoms. The molecule has 0 atom stereocenters. The summed E-state index contributed by atoms with van der Waals surface area (Å²) in [6.07, 6.45) is 0. The Labute approximate surface area is 105 Å². The molecule has 2 nitrogen and oxygen atoms in total. The Kier molecular flexibility index (Phi) is 4.07. The minimum absolute atomic E-state index is 0.110. The van der Waals surface area contributed by atoms with E-state index in [0.717, 1.165) is 11.5 Å². The lowest BCUT2D eigenvalue weighted by Crippen LogP contribution is -2.15. The zero-order chi connectivity index (χ0) is 13.2. The molecule has 0 bridgehead atoms. The maximum atomic E-state index is 5.38. The van der Waals surface area contributed by atoms with Crippen molar-refractivity contribution in [3.8, 4) is 11.5 Å². The van der Waals surface area contributed by atoms with Crippen molar-refractivity contribution in [3.63, 3.8) is 0 Å². The van der Waals surface area contributed by atoms with Crippen molar-refractivity contribution in [2.75, 3.05) is 14.2 Å². The van der Waals surface area contributed by atoms with Crippen molar-refractivity contribution in [1.29, 1.82) is 0 Å². The van der Waals surface area contributed by atoms with Crippen molar-refractivity contribution in [2.45, 2.75) is 46.0 Å². The molecular weight excluding hydrogens is 212 g/mol. The second kappa shape index (κ2) is 4.99. The molecule has 0 aliphatic heterocycles. The molecule has 0 radical (unpaired) electrons. The molecule has 0 saturated heterocycles. The van der Waals surface area contributed by atoms with E-state index in [-0.39, 0.29) is 5.41 Å². The average Bonchev–Trinajstić information content (AvgIpc) is 2.25. The molecule has 0 aliphatic carbocycles. The zero-order valence-electron chi connectivity index (χ0n) is 12.0. The first-order valence-corrected chi connectivity index (χ1v) is 6.07. The Morgan fingerprint density at radius 3 is 1.76 bits per heavy atom. The molecule has 0 unspecified atom stereocenters. The minimum atomic E-state index is 0.110. The van der Waals surface area contributed by atoms with E-state index in [0.29, 0.717) is 5.92 Å². The van der Waals surface area contributed by atoms with E-state index in [4.69, 9.17) is 9.47 Å². The van der Waals surface area contributed by atoms with Gasteiger partial charge in [0.25, 0.3) is 0 Å². The highest BCUT2D eigenvalue weighted by atomic mass is 16.5. The van der Waals surface area contributed by atoms with Gasteiger partial charge in [-0.15, -0.1) is 0 Å². The molecule has 0 amide bonds. The van der Waals surface area contributed by atoms with Crippen molar-refractivity contribution < 1.29 is 9.47 Å². The van der Waals surface area contributed by atoms with Crippen molar-refractivity contribution in [3.05, 3.63) is 23.3 Å². The van der Waals surface area contributed by atoms with Crippen LogP contribution in [0.5, 0.6) is 11.5 Å². The van der Waals surface area contributed by atoms with Crippen LogP contribution in [-0.4, -0.2) is 14.2 Å². The number of benzene rings is 1. The maximum Gasteiger partial charge on any atom is 0.161 e. The van der Waals surface area contributed by atoms with Crippen LogP contribution in [0.3, 0.4) is 0 Å². The van der Waals surface area contributed by atoms with Crippen LogP contribution in [0.4, 0.5) is 0 Å². The molecule has 0 N–H and O–H groups in total. The largest absolute Gasteiger partial charge is 0.493 e. The van der Waals surface area contributed by atoms with E-state index in [1.54, 1.807) is 14.2 Å². The third-order valence-corrected chi connectivity index (χ3v) is 2.99. The summed E-state index contributed by atoms with van der Waals surface area (Å²) in [5.74, 6) is 2.09. The van der Waals surface area contributed by atoms with Crippen LogP contribution < -0.4 is 9.47 Å². The minimum Gasteiger partial charge on any atom is -0.493 e. The van der Waals surface area contributed by atoms with Gasteiger partial charge in [-0.2, -0.15) is 0 Å². The fraction of sp³-hybridized carbons (Fsp3) is 0.600. The van der Waals surface area contributed by atoms with Crippen LogP contribution in [0.25, 0.3) is 0 Å². The lowest BCUT2D eigenvalue weighted by molar-refractivity contribution is 0.352. The number of rotatable bonds is 3. The Morgan fingerprint density at radius 1 is 0.941 bits per heavy atom. The Hall–Kier alpha value is -1.18. The van der Waals surface area contributed by atoms with Crippen molar-refractivity contribution >= 4 is 0 Å². The molecule has 0 fully saturated rings. The number of hydrogen-bond acceptors (Lipinski definition) is 2. The van der Waals surface area contributed by atoms with Crippen molar-refractivity contribution in [1.82, 2.24) is 0 Å². The molecule has 2 heteroatoms. The molecule has 0 aromatic heterocycles. The van der Waals surface area contributed by atoms with Crippen molar-refractivity contribution in [2.24, 2.45) is 0 Å². The molecule has 0 heterocycles. The highest BCUT2D eigenvalue weighted by Gasteiger charge is 2.22. The molecule has 0 saturated carbocycles. The second-order valence-electron chi connectivity index (χ2n) is 5.70. The SMILES string of the molecule is COc1cc(C(C)C)c(C(C)(C)C)cc1OC. The smallest absolute Gasteiger partial charge is 0.161 e. The van der Waals surface area contributed by atoms with E-state index < -0.39 is 0 Å². The van der Waals surface area contributed by atoms with Gasteiger partial charge in [-0.05, 0) is 34.6 Å². The lowest BCUT2D eigenvalue weighted by Gasteiger charge is -2.26. The van der Waals surface area contributed by atoms with Crippen LogP contribution in [-0.2, 0) is 5.41 Å². The van der Waals surface area contributed by atoms with Crippen LogP contribution in [0.2, 0.25) is 0 Å². The highest BCUT2D eigenvalue weighted by Crippen LogP contribution is 2.38. The van der Waals surface area contributed by atoms with Crippen LogP contribution in [0.15, 0.2) is 12.1 Å². The van der Waals surface area contributed by atoms with Crippen LogP contribution in [0.1, 0.15) is 51.7 Å². The lowest BCUT2D eigenvalue weighted by atomic mass is 9.80. The second-order valence-corrected chi connectivity index (χ2v) is 5.70. The Balaban J connectivity index is 3.46. The van der Waals surface area contributed by atoms with Gasteiger partial charge < -0.3 is 9.47 Å². The first-order valence-electron chi connectivity index (χ1n) is 6.07. The summed E-state index contributed by atoms with van der Waals surface area (Å²) in [6.45, 7) is 11.1. The van der Waals surface area contributed by atoms with Gasteiger partial charge in [0.05, 0.1) is 14.2 Å². The summed E-state index contributed by atoms with van der Waals surface area (Å²) in [5, 5.41) is 0. The normalized spacial score (nSPS) is 11.8. The maximum absolute atomic E-state index is 5.38. The van der Waals surface area contributed by atoms with E-state index in [1.807, 2.05) is 0 Å². The van der Waals surface area contributed by atoms with E-state index in [2.05, 4.69) is 46.8 Å². The topological polar surface area (TPSA) is 18.5 Å². The monoisotopic (exact) mass is 236 g/mol. The summed E-state index contributed by atoms with van der Waals surface area (Å²) < 4.78 is 10.8.